The van der Waals surface area contributed by atoms with Crippen LogP contribution in [0, 0.1) is 11.8 Å². The van der Waals surface area contributed by atoms with Crippen molar-refractivity contribution < 1.29 is 0 Å². The zero-order valence-corrected chi connectivity index (χ0v) is 16.1. The molecule has 0 aromatic heterocycles. The topological polar surface area (TPSA) is 3.24 Å². The lowest BCUT2D eigenvalue weighted by molar-refractivity contribution is 0.403. The van der Waals surface area contributed by atoms with Gasteiger partial charge in [0.05, 0.1) is 0 Å². The van der Waals surface area contributed by atoms with Crippen molar-refractivity contribution >= 4 is 5.69 Å². The van der Waals surface area contributed by atoms with E-state index in [1.54, 1.807) is 0 Å². The first kappa shape index (κ1) is 20.1. The summed E-state index contributed by atoms with van der Waals surface area (Å²) in [4.78, 5) is 2.67. The molecule has 0 amide bonds. The second-order valence-electron chi connectivity index (χ2n) is 7.07. The number of unbranched alkanes of at least 4 members (excludes halogenated alkanes) is 2. The summed E-state index contributed by atoms with van der Waals surface area (Å²) in [5.41, 5.74) is 1.41. The molecule has 0 aliphatic rings. The fourth-order valence-electron chi connectivity index (χ4n) is 3.38. The Morgan fingerprint density at radius 2 is 1.22 bits per heavy atom. The predicted molar refractivity (Wildman–Crippen MR) is 105 cm³/mol. The van der Waals surface area contributed by atoms with Gasteiger partial charge in [0.2, 0.25) is 0 Å². The molecule has 1 rings (SSSR count). The molecule has 0 saturated heterocycles. The first-order valence-corrected chi connectivity index (χ1v) is 10.0. The average molecular weight is 318 g/mol. The Hall–Kier alpha value is -0.980. The molecule has 2 unspecified atom stereocenters. The van der Waals surface area contributed by atoms with Crippen LogP contribution in [0.3, 0.4) is 0 Å². The standard InChI is InChI=1S/C22H39N/c1-5-9-14-20(7-3)18-23(22-16-12-11-13-17-22)19-21(8-4)15-10-6-2/h11-13,16-17,20-21H,5-10,14-15,18-19H2,1-4H3. The van der Waals surface area contributed by atoms with Crippen molar-refractivity contribution in [2.24, 2.45) is 11.8 Å². The molecule has 0 bridgehead atoms. The van der Waals surface area contributed by atoms with Crippen LogP contribution in [0.25, 0.3) is 0 Å². The Labute approximate surface area is 145 Å². The van der Waals surface area contributed by atoms with E-state index in [1.165, 1.54) is 70.1 Å². The third-order valence-corrected chi connectivity index (χ3v) is 5.17. The Kier molecular flexibility index (Phi) is 10.9. The molecule has 0 spiro atoms. The zero-order chi connectivity index (χ0) is 16.9. The van der Waals surface area contributed by atoms with E-state index in [0.717, 1.165) is 11.8 Å². The van der Waals surface area contributed by atoms with E-state index in [2.05, 4.69) is 62.9 Å². The van der Waals surface area contributed by atoms with Gasteiger partial charge in [0.15, 0.2) is 0 Å². The van der Waals surface area contributed by atoms with E-state index < -0.39 is 0 Å². The first-order chi connectivity index (χ1) is 11.2. The maximum Gasteiger partial charge on any atom is 0.0366 e. The molecule has 1 heteroatoms. The van der Waals surface area contributed by atoms with Crippen LogP contribution in [-0.2, 0) is 0 Å². The van der Waals surface area contributed by atoms with Crippen molar-refractivity contribution in [1.82, 2.24) is 0 Å². The Morgan fingerprint density at radius 3 is 1.61 bits per heavy atom. The lowest BCUT2D eigenvalue weighted by Gasteiger charge is -2.32. The van der Waals surface area contributed by atoms with E-state index in [0.29, 0.717) is 0 Å². The van der Waals surface area contributed by atoms with Gasteiger partial charge < -0.3 is 4.90 Å². The highest BCUT2D eigenvalue weighted by atomic mass is 15.1. The highest BCUT2D eigenvalue weighted by molar-refractivity contribution is 5.46. The highest BCUT2D eigenvalue weighted by Crippen LogP contribution is 2.23. The molecule has 1 aromatic carbocycles. The van der Waals surface area contributed by atoms with Gasteiger partial charge in [-0.15, -0.1) is 0 Å². The second kappa shape index (κ2) is 12.4. The van der Waals surface area contributed by atoms with E-state index in [9.17, 15) is 0 Å². The van der Waals surface area contributed by atoms with E-state index in [1.807, 2.05) is 0 Å². The molecule has 23 heavy (non-hydrogen) atoms. The maximum atomic E-state index is 2.67. The van der Waals surface area contributed by atoms with Crippen LogP contribution in [0.1, 0.15) is 79.1 Å². The fourth-order valence-corrected chi connectivity index (χ4v) is 3.38. The van der Waals surface area contributed by atoms with Gasteiger partial charge in [0.25, 0.3) is 0 Å². The van der Waals surface area contributed by atoms with Crippen molar-refractivity contribution in [3.63, 3.8) is 0 Å². The maximum absolute atomic E-state index is 2.67. The lowest BCUT2D eigenvalue weighted by atomic mass is 9.95. The summed E-state index contributed by atoms with van der Waals surface area (Å²) in [6.07, 6.45) is 10.7. The van der Waals surface area contributed by atoms with Crippen LogP contribution in [0.4, 0.5) is 5.69 Å². The third kappa shape index (κ3) is 7.90. The first-order valence-electron chi connectivity index (χ1n) is 10.0. The van der Waals surface area contributed by atoms with Gasteiger partial charge >= 0.3 is 0 Å². The number of anilines is 1. The number of rotatable bonds is 13. The molecule has 0 aliphatic heterocycles. The van der Waals surface area contributed by atoms with Gasteiger partial charge in [-0.25, -0.2) is 0 Å². The van der Waals surface area contributed by atoms with Gasteiger partial charge in [-0.2, -0.15) is 0 Å². The molecule has 2 atom stereocenters. The van der Waals surface area contributed by atoms with Crippen molar-refractivity contribution in [1.29, 1.82) is 0 Å². The monoisotopic (exact) mass is 317 g/mol. The molecule has 1 nitrogen and oxygen atoms in total. The smallest absolute Gasteiger partial charge is 0.0366 e. The predicted octanol–water partition coefficient (Wildman–Crippen LogP) is 6.93. The van der Waals surface area contributed by atoms with E-state index >= 15 is 0 Å². The largest absolute Gasteiger partial charge is 0.371 e. The molecule has 0 fully saturated rings. The van der Waals surface area contributed by atoms with Crippen LogP contribution in [-0.4, -0.2) is 13.1 Å². The van der Waals surface area contributed by atoms with Crippen molar-refractivity contribution in [3.8, 4) is 0 Å². The summed E-state index contributed by atoms with van der Waals surface area (Å²) in [6.45, 7) is 11.8. The van der Waals surface area contributed by atoms with E-state index in [4.69, 9.17) is 0 Å². The number of hydrogen-bond acceptors (Lipinski definition) is 1. The number of nitrogens with zero attached hydrogens (tertiary/aromatic N) is 1. The molecular weight excluding hydrogens is 278 g/mol. The number of benzene rings is 1. The highest BCUT2D eigenvalue weighted by Gasteiger charge is 2.17. The van der Waals surface area contributed by atoms with Gasteiger partial charge in [-0.05, 0) is 36.8 Å². The molecular formula is C22H39N. The van der Waals surface area contributed by atoms with Crippen LogP contribution in [0.15, 0.2) is 30.3 Å². The van der Waals surface area contributed by atoms with Gasteiger partial charge in [-0.3, -0.25) is 0 Å². The molecule has 1 aromatic rings. The van der Waals surface area contributed by atoms with Crippen LogP contribution < -0.4 is 4.90 Å². The van der Waals surface area contributed by atoms with Crippen molar-refractivity contribution in [2.75, 3.05) is 18.0 Å². The lowest BCUT2D eigenvalue weighted by Crippen LogP contribution is -2.34. The summed E-state index contributed by atoms with van der Waals surface area (Å²) >= 11 is 0. The minimum Gasteiger partial charge on any atom is -0.371 e. The summed E-state index contributed by atoms with van der Waals surface area (Å²) in [5, 5.41) is 0. The van der Waals surface area contributed by atoms with Crippen LogP contribution in [0.2, 0.25) is 0 Å². The van der Waals surface area contributed by atoms with Crippen LogP contribution in [0.5, 0.6) is 0 Å². The molecule has 0 aliphatic carbocycles. The second-order valence-corrected chi connectivity index (χ2v) is 7.07. The SMILES string of the molecule is CCCCC(CC)CN(CC(CC)CCCC)c1ccccc1. The quantitative estimate of drug-likeness (QED) is 0.381. The molecule has 0 saturated carbocycles. The minimum absolute atomic E-state index is 0.832. The molecule has 132 valence electrons. The van der Waals surface area contributed by atoms with Crippen molar-refractivity contribution in [3.05, 3.63) is 30.3 Å². The zero-order valence-electron chi connectivity index (χ0n) is 16.1. The Balaban J connectivity index is 2.76. The number of hydrogen-bond donors (Lipinski definition) is 0. The minimum atomic E-state index is 0.832. The molecule has 0 N–H and O–H groups in total. The fraction of sp³-hybridized carbons (Fsp3) is 0.727. The summed E-state index contributed by atoms with van der Waals surface area (Å²) < 4.78 is 0. The number of para-hydroxylation sites is 1. The molecule has 0 heterocycles. The summed E-state index contributed by atoms with van der Waals surface area (Å²) in [5.74, 6) is 1.66. The van der Waals surface area contributed by atoms with Gasteiger partial charge in [-0.1, -0.05) is 84.4 Å². The van der Waals surface area contributed by atoms with Gasteiger partial charge in [0, 0.05) is 18.8 Å². The molecule has 0 radical (unpaired) electrons. The van der Waals surface area contributed by atoms with Crippen LogP contribution >= 0.6 is 0 Å². The van der Waals surface area contributed by atoms with E-state index in [-0.39, 0.29) is 0 Å². The van der Waals surface area contributed by atoms with Crippen molar-refractivity contribution in [2.45, 2.75) is 79.1 Å². The summed E-state index contributed by atoms with van der Waals surface area (Å²) in [6, 6.07) is 11.1. The van der Waals surface area contributed by atoms with Gasteiger partial charge in [0.1, 0.15) is 0 Å². The third-order valence-electron chi connectivity index (χ3n) is 5.17. The Bertz CT molecular complexity index is 355. The summed E-state index contributed by atoms with van der Waals surface area (Å²) in [7, 11) is 0. The average Bonchev–Trinajstić information content (AvgIpc) is 2.61. The normalized spacial score (nSPS) is 13.7. The Morgan fingerprint density at radius 1 is 0.739 bits per heavy atom.